The second-order valence-electron chi connectivity index (χ2n) is 7.39. The van der Waals surface area contributed by atoms with Crippen LogP contribution in [0.1, 0.15) is 16.5 Å². The molecule has 2 aromatic carbocycles. The number of methoxy groups -OCH3 is 1. The second-order valence-corrected chi connectivity index (χ2v) is 10.3. The largest absolute Gasteiger partial charge is 0.468 e. The van der Waals surface area contributed by atoms with Gasteiger partial charge in [-0.2, -0.15) is 4.31 Å². The lowest BCUT2D eigenvalue weighted by molar-refractivity contribution is -0.142. The molecule has 1 aliphatic rings. The van der Waals surface area contributed by atoms with Gasteiger partial charge < -0.3 is 9.64 Å². The van der Waals surface area contributed by atoms with Gasteiger partial charge in [0.15, 0.2) is 0 Å². The fourth-order valence-electron chi connectivity index (χ4n) is 3.74. The topological polar surface area (TPSA) is 84.0 Å². The number of thiophene rings is 1. The molecule has 0 radical (unpaired) electrons. The van der Waals surface area contributed by atoms with Gasteiger partial charge in [0.25, 0.3) is 0 Å². The molecule has 9 heteroatoms. The predicted molar refractivity (Wildman–Crippen MR) is 122 cm³/mol. The number of esters is 1. The Morgan fingerprint density at radius 3 is 2.34 bits per heavy atom. The molecular formula is C23H22N2O5S2. The monoisotopic (exact) mass is 470 g/mol. The summed E-state index contributed by atoms with van der Waals surface area (Å²) in [5, 5.41) is 1.87. The van der Waals surface area contributed by atoms with E-state index in [4.69, 9.17) is 4.74 Å². The number of ether oxygens (including phenoxy) is 1. The maximum Gasteiger partial charge on any atom is 0.321 e. The van der Waals surface area contributed by atoms with E-state index in [0.29, 0.717) is 5.69 Å². The average Bonchev–Trinajstić information content (AvgIpc) is 3.32. The lowest BCUT2D eigenvalue weighted by Crippen LogP contribution is -2.67. The van der Waals surface area contributed by atoms with Crippen LogP contribution in [-0.4, -0.2) is 44.3 Å². The normalized spacial score (nSPS) is 18.5. The minimum absolute atomic E-state index is 0.00965. The molecule has 1 fully saturated rings. The van der Waals surface area contributed by atoms with Crippen molar-refractivity contribution in [1.82, 2.24) is 4.31 Å². The number of rotatable bonds is 7. The van der Waals surface area contributed by atoms with Crippen molar-refractivity contribution >= 4 is 38.9 Å². The van der Waals surface area contributed by atoms with Gasteiger partial charge in [-0.1, -0.05) is 42.0 Å². The van der Waals surface area contributed by atoms with E-state index in [1.807, 2.05) is 48.7 Å². The summed E-state index contributed by atoms with van der Waals surface area (Å²) in [6.45, 7) is 1.39. The number of β-lactam (4-membered cyclic amide) rings is 1. The molecule has 0 N–H and O–H groups in total. The molecule has 1 aliphatic heterocycles. The minimum Gasteiger partial charge on any atom is -0.468 e. The Kier molecular flexibility index (Phi) is 6.14. The molecule has 0 spiro atoms. The van der Waals surface area contributed by atoms with Crippen LogP contribution >= 0.6 is 11.3 Å². The van der Waals surface area contributed by atoms with E-state index in [1.165, 1.54) is 30.6 Å². The number of aryl methyl sites for hydroxylation is 1. The smallest absolute Gasteiger partial charge is 0.321 e. The third-order valence-corrected chi connectivity index (χ3v) is 8.17. The highest BCUT2D eigenvalue weighted by Gasteiger charge is 2.56. The fourth-order valence-corrected chi connectivity index (χ4v) is 6.14. The van der Waals surface area contributed by atoms with E-state index >= 15 is 0 Å². The first-order valence-corrected chi connectivity index (χ1v) is 12.2. The summed E-state index contributed by atoms with van der Waals surface area (Å²) < 4.78 is 32.7. The highest BCUT2D eigenvalue weighted by Crippen LogP contribution is 2.44. The van der Waals surface area contributed by atoms with Gasteiger partial charge in [-0.3, -0.25) is 9.59 Å². The standard InChI is InChI=1S/C23H22N2O5S2/c1-16-10-12-17(13-11-16)25-21(19-9-6-14-31-19)22(23(25)27)24(15-20(26)30-2)32(28,29)18-7-4-3-5-8-18/h3-14,21-22H,15H2,1-2H3. The van der Waals surface area contributed by atoms with Gasteiger partial charge in [-0.05, 0) is 42.6 Å². The first kappa shape index (κ1) is 22.2. The Morgan fingerprint density at radius 2 is 1.75 bits per heavy atom. The van der Waals surface area contributed by atoms with Gasteiger partial charge in [0.05, 0.1) is 18.0 Å². The van der Waals surface area contributed by atoms with Crippen LogP contribution in [0.15, 0.2) is 77.0 Å². The summed E-state index contributed by atoms with van der Waals surface area (Å²) in [6, 6.07) is 17.3. The molecule has 32 heavy (non-hydrogen) atoms. The van der Waals surface area contributed by atoms with Gasteiger partial charge in [-0.15, -0.1) is 11.3 Å². The summed E-state index contributed by atoms with van der Waals surface area (Å²) in [4.78, 5) is 28.0. The van der Waals surface area contributed by atoms with Gasteiger partial charge in [0.1, 0.15) is 12.6 Å². The van der Waals surface area contributed by atoms with Crippen molar-refractivity contribution in [3.63, 3.8) is 0 Å². The molecule has 1 aromatic heterocycles. The van der Waals surface area contributed by atoms with Crippen molar-refractivity contribution in [2.24, 2.45) is 0 Å². The Labute approximate surface area is 190 Å². The van der Waals surface area contributed by atoms with E-state index in [1.54, 1.807) is 23.1 Å². The van der Waals surface area contributed by atoms with Crippen molar-refractivity contribution in [3.8, 4) is 0 Å². The van der Waals surface area contributed by atoms with Crippen molar-refractivity contribution < 1.29 is 22.7 Å². The third kappa shape index (κ3) is 3.94. The highest BCUT2D eigenvalue weighted by molar-refractivity contribution is 7.89. The number of hydrogen-bond acceptors (Lipinski definition) is 6. The third-order valence-electron chi connectivity index (χ3n) is 5.39. The first-order chi connectivity index (χ1) is 15.3. The Morgan fingerprint density at radius 1 is 1.06 bits per heavy atom. The summed E-state index contributed by atoms with van der Waals surface area (Å²) in [5.41, 5.74) is 1.72. The summed E-state index contributed by atoms with van der Waals surface area (Å²) in [6.07, 6.45) is 0. The maximum absolute atomic E-state index is 13.5. The van der Waals surface area contributed by atoms with Crippen LogP contribution in [0.5, 0.6) is 0 Å². The van der Waals surface area contributed by atoms with Crippen molar-refractivity contribution in [2.45, 2.75) is 23.9 Å². The van der Waals surface area contributed by atoms with E-state index < -0.39 is 40.5 Å². The zero-order chi connectivity index (χ0) is 22.9. The Balaban J connectivity index is 1.80. The second kappa shape index (κ2) is 8.85. The van der Waals surface area contributed by atoms with Crippen LogP contribution in [-0.2, 0) is 24.3 Å². The number of carbonyl (C=O) groups excluding carboxylic acids is 2. The molecule has 0 bridgehead atoms. The first-order valence-electron chi connectivity index (χ1n) is 9.91. The molecule has 1 amide bonds. The van der Waals surface area contributed by atoms with Gasteiger partial charge in [0.2, 0.25) is 15.9 Å². The zero-order valence-electron chi connectivity index (χ0n) is 17.5. The number of carbonyl (C=O) groups is 2. The summed E-state index contributed by atoms with van der Waals surface area (Å²) in [7, 11) is -2.96. The summed E-state index contributed by atoms with van der Waals surface area (Å²) >= 11 is 1.43. The molecule has 7 nitrogen and oxygen atoms in total. The molecule has 2 heterocycles. The van der Waals surface area contributed by atoms with Gasteiger partial charge in [-0.25, -0.2) is 8.42 Å². The van der Waals surface area contributed by atoms with Crippen LogP contribution in [0.4, 0.5) is 5.69 Å². The molecule has 1 saturated heterocycles. The number of sulfonamides is 1. The van der Waals surface area contributed by atoms with E-state index in [9.17, 15) is 18.0 Å². The molecule has 166 valence electrons. The lowest BCUT2D eigenvalue weighted by atomic mass is 9.92. The van der Waals surface area contributed by atoms with Crippen LogP contribution in [0.3, 0.4) is 0 Å². The van der Waals surface area contributed by atoms with Crippen LogP contribution in [0.25, 0.3) is 0 Å². The van der Waals surface area contributed by atoms with E-state index in [-0.39, 0.29) is 4.90 Å². The van der Waals surface area contributed by atoms with Crippen molar-refractivity contribution in [3.05, 3.63) is 82.6 Å². The number of anilines is 1. The number of nitrogens with zero attached hydrogens (tertiary/aromatic N) is 2. The quantitative estimate of drug-likeness (QED) is 0.391. The van der Waals surface area contributed by atoms with Crippen molar-refractivity contribution in [1.29, 1.82) is 0 Å². The SMILES string of the molecule is COC(=O)CN(C1C(=O)N(c2ccc(C)cc2)C1c1cccs1)S(=O)(=O)c1ccccc1. The van der Waals surface area contributed by atoms with Gasteiger partial charge >= 0.3 is 5.97 Å². The lowest BCUT2D eigenvalue weighted by Gasteiger charge is -2.50. The molecule has 0 saturated carbocycles. The number of hydrogen-bond donors (Lipinski definition) is 0. The highest BCUT2D eigenvalue weighted by atomic mass is 32.2. The molecule has 0 aliphatic carbocycles. The molecule has 3 aromatic rings. The predicted octanol–water partition coefficient (Wildman–Crippen LogP) is 3.38. The van der Waals surface area contributed by atoms with Crippen LogP contribution < -0.4 is 4.90 Å². The Hall–Kier alpha value is -3.01. The molecule has 2 unspecified atom stereocenters. The molecular weight excluding hydrogens is 448 g/mol. The molecule has 2 atom stereocenters. The van der Waals surface area contributed by atoms with Gasteiger partial charge in [0, 0.05) is 10.6 Å². The Bertz CT molecular complexity index is 1210. The summed E-state index contributed by atoms with van der Waals surface area (Å²) in [5.74, 6) is -1.13. The van der Waals surface area contributed by atoms with Crippen LogP contribution in [0, 0.1) is 6.92 Å². The minimum atomic E-state index is -4.15. The number of amides is 1. The number of benzene rings is 2. The average molecular weight is 471 g/mol. The zero-order valence-corrected chi connectivity index (χ0v) is 19.2. The fraction of sp³-hybridized carbons (Fsp3) is 0.217. The van der Waals surface area contributed by atoms with Crippen LogP contribution in [0.2, 0.25) is 0 Å². The van der Waals surface area contributed by atoms with E-state index in [0.717, 1.165) is 14.7 Å². The molecule has 4 rings (SSSR count). The van der Waals surface area contributed by atoms with E-state index in [2.05, 4.69) is 0 Å². The maximum atomic E-state index is 13.5. The van der Waals surface area contributed by atoms with Crippen molar-refractivity contribution in [2.75, 3.05) is 18.6 Å².